The van der Waals surface area contributed by atoms with Gasteiger partial charge in [0.15, 0.2) is 23.5 Å². The molecule has 5 rings (SSSR count). The highest BCUT2D eigenvalue weighted by Gasteiger charge is 2.66. The van der Waals surface area contributed by atoms with Crippen molar-refractivity contribution in [1.29, 1.82) is 0 Å². The van der Waals surface area contributed by atoms with E-state index in [4.69, 9.17) is 23.7 Å². The number of hydrogen-bond acceptors (Lipinski definition) is 7. The molecule has 2 N–H and O–H groups in total. The van der Waals surface area contributed by atoms with Crippen molar-refractivity contribution >= 4 is 23.0 Å². The highest BCUT2D eigenvalue weighted by atomic mass is 16.9. The first-order valence-electron chi connectivity index (χ1n) is 9.95. The predicted octanol–water partition coefficient (Wildman–Crippen LogP) is 2.28. The normalized spacial score (nSPS) is 34.2. The summed E-state index contributed by atoms with van der Waals surface area (Å²) in [4.78, 5) is 15.7. The molecular formula is C21H25N3O6. The average Bonchev–Trinajstić information content (AvgIpc) is 3.31. The molecule has 0 radical (unpaired) electrons. The quantitative estimate of drug-likeness (QED) is 0.589. The smallest absolute Gasteiger partial charge is 0.287 e. The first-order chi connectivity index (χ1) is 14.2. The standard InChI is InChI=1S/C21H25N3O6/c1-19(2)27-15-10-26-18-21(16(15)28-19,30-20(3,4)29-18)11-22-24-17(25)14-9-12-7-5-6-8-13(12)23-14/h5-9,11,15-16,18,23H,10H2,1-4H3,(H,24,25)/b22-11+. The summed E-state index contributed by atoms with van der Waals surface area (Å²) in [6.07, 6.45) is -0.0829. The molecule has 4 atom stereocenters. The molecule has 3 saturated heterocycles. The maximum atomic E-state index is 12.6. The number of hydrazone groups is 1. The number of aromatic amines is 1. The number of aromatic nitrogens is 1. The summed E-state index contributed by atoms with van der Waals surface area (Å²) < 4.78 is 30.1. The highest BCUT2D eigenvalue weighted by molar-refractivity contribution is 5.98. The molecule has 160 valence electrons. The van der Waals surface area contributed by atoms with Crippen LogP contribution >= 0.6 is 0 Å². The number of H-pyrrole nitrogens is 1. The zero-order valence-electron chi connectivity index (χ0n) is 17.3. The minimum Gasteiger partial charge on any atom is -0.350 e. The zero-order valence-corrected chi connectivity index (χ0v) is 17.3. The largest absolute Gasteiger partial charge is 0.350 e. The second kappa shape index (κ2) is 6.60. The van der Waals surface area contributed by atoms with Gasteiger partial charge in [0.2, 0.25) is 0 Å². The van der Waals surface area contributed by atoms with Crippen molar-refractivity contribution < 1.29 is 28.5 Å². The fourth-order valence-electron chi connectivity index (χ4n) is 4.33. The summed E-state index contributed by atoms with van der Waals surface area (Å²) in [5.41, 5.74) is 2.68. The number of carbonyl (C=O) groups excluding carboxylic acids is 1. The van der Waals surface area contributed by atoms with Crippen LogP contribution in [0, 0.1) is 0 Å². The third kappa shape index (κ3) is 3.23. The van der Waals surface area contributed by atoms with E-state index in [1.165, 1.54) is 6.21 Å². The topological polar surface area (TPSA) is 103 Å². The van der Waals surface area contributed by atoms with Crippen molar-refractivity contribution in [2.24, 2.45) is 5.10 Å². The van der Waals surface area contributed by atoms with Gasteiger partial charge in [-0.1, -0.05) is 18.2 Å². The average molecular weight is 415 g/mol. The SMILES string of the molecule is CC1(C)OC2COC3OC(C)(C)OC3(/C=N/NC(=O)c3cc4ccccc4[nH]3)C2O1. The van der Waals surface area contributed by atoms with E-state index in [2.05, 4.69) is 15.5 Å². The van der Waals surface area contributed by atoms with Crippen LogP contribution in [0.3, 0.4) is 0 Å². The number of hydrogen-bond donors (Lipinski definition) is 2. The zero-order chi connectivity index (χ0) is 21.1. The minimum atomic E-state index is -1.16. The molecule has 0 saturated carbocycles. The van der Waals surface area contributed by atoms with Crippen molar-refractivity contribution in [2.45, 2.75) is 63.4 Å². The van der Waals surface area contributed by atoms with Gasteiger partial charge in [0, 0.05) is 10.9 Å². The van der Waals surface area contributed by atoms with Gasteiger partial charge in [-0.2, -0.15) is 5.10 Å². The maximum Gasteiger partial charge on any atom is 0.287 e. The van der Waals surface area contributed by atoms with E-state index in [1.807, 2.05) is 38.1 Å². The molecule has 3 aliphatic heterocycles. The third-order valence-corrected chi connectivity index (χ3v) is 5.43. The molecular weight excluding hydrogens is 390 g/mol. The number of nitrogens with zero attached hydrogens (tertiary/aromatic N) is 1. The van der Waals surface area contributed by atoms with E-state index in [0.29, 0.717) is 12.3 Å². The van der Waals surface area contributed by atoms with Crippen molar-refractivity contribution in [3.8, 4) is 0 Å². The van der Waals surface area contributed by atoms with E-state index in [9.17, 15) is 4.79 Å². The number of rotatable bonds is 3. The van der Waals surface area contributed by atoms with E-state index in [-0.39, 0.29) is 12.0 Å². The first kappa shape index (κ1) is 19.7. The first-order valence-corrected chi connectivity index (χ1v) is 9.95. The Morgan fingerprint density at radius 1 is 1.17 bits per heavy atom. The number of amides is 1. The van der Waals surface area contributed by atoms with Gasteiger partial charge in [-0.05, 0) is 39.8 Å². The number of carbonyl (C=O) groups is 1. The molecule has 0 aliphatic carbocycles. The van der Waals surface area contributed by atoms with Crippen LogP contribution in [0.2, 0.25) is 0 Å². The molecule has 9 nitrogen and oxygen atoms in total. The lowest BCUT2D eigenvalue weighted by Gasteiger charge is -2.39. The van der Waals surface area contributed by atoms with Crippen LogP contribution < -0.4 is 5.43 Å². The molecule has 4 unspecified atom stereocenters. The Morgan fingerprint density at radius 3 is 2.77 bits per heavy atom. The van der Waals surface area contributed by atoms with Gasteiger partial charge in [0.1, 0.15) is 17.9 Å². The monoisotopic (exact) mass is 415 g/mol. The number of ether oxygens (including phenoxy) is 5. The number of nitrogens with one attached hydrogen (secondary N) is 2. The molecule has 2 aromatic rings. The minimum absolute atomic E-state index is 0.315. The van der Waals surface area contributed by atoms with E-state index < -0.39 is 29.6 Å². The Morgan fingerprint density at radius 2 is 1.97 bits per heavy atom. The Hall–Kier alpha value is -2.30. The molecule has 3 aliphatic rings. The van der Waals surface area contributed by atoms with Gasteiger partial charge in [0.05, 0.1) is 12.8 Å². The molecule has 3 fully saturated rings. The summed E-state index contributed by atoms with van der Waals surface area (Å²) in [6, 6.07) is 9.43. The summed E-state index contributed by atoms with van der Waals surface area (Å²) in [6.45, 7) is 7.58. The van der Waals surface area contributed by atoms with Crippen LogP contribution in [-0.2, 0) is 23.7 Å². The van der Waals surface area contributed by atoms with Gasteiger partial charge >= 0.3 is 0 Å². The molecule has 1 aromatic heterocycles. The number of para-hydroxylation sites is 1. The van der Waals surface area contributed by atoms with Crippen molar-refractivity contribution in [2.75, 3.05) is 6.61 Å². The second-order valence-corrected chi connectivity index (χ2v) is 8.70. The van der Waals surface area contributed by atoms with Gasteiger partial charge in [0.25, 0.3) is 5.91 Å². The fourth-order valence-corrected chi connectivity index (χ4v) is 4.33. The van der Waals surface area contributed by atoms with Crippen LogP contribution in [0.1, 0.15) is 38.2 Å². The summed E-state index contributed by atoms with van der Waals surface area (Å²) in [5.74, 6) is -2.08. The van der Waals surface area contributed by atoms with Crippen LogP contribution in [-0.4, -0.2) is 59.4 Å². The van der Waals surface area contributed by atoms with Crippen molar-refractivity contribution in [1.82, 2.24) is 10.4 Å². The number of benzene rings is 1. The lowest BCUT2D eigenvalue weighted by Crippen LogP contribution is -2.62. The predicted molar refractivity (Wildman–Crippen MR) is 107 cm³/mol. The Kier molecular flexibility index (Phi) is 4.32. The number of fused-ring (bicyclic) bond motifs is 4. The molecule has 9 heteroatoms. The van der Waals surface area contributed by atoms with Crippen LogP contribution in [0.15, 0.2) is 35.4 Å². The van der Waals surface area contributed by atoms with Crippen LogP contribution in [0.4, 0.5) is 0 Å². The third-order valence-electron chi connectivity index (χ3n) is 5.43. The molecule has 0 spiro atoms. The Balaban J connectivity index is 1.40. The highest BCUT2D eigenvalue weighted by Crippen LogP contribution is 2.47. The summed E-state index contributed by atoms with van der Waals surface area (Å²) >= 11 is 0. The maximum absolute atomic E-state index is 12.6. The molecule has 1 aromatic carbocycles. The lowest BCUT2D eigenvalue weighted by molar-refractivity contribution is -0.208. The summed E-state index contributed by atoms with van der Waals surface area (Å²) in [5, 5.41) is 5.13. The van der Waals surface area contributed by atoms with Gasteiger partial charge < -0.3 is 28.7 Å². The molecule has 0 bridgehead atoms. The van der Waals surface area contributed by atoms with Gasteiger partial charge in [-0.3, -0.25) is 4.79 Å². The Labute approximate surface area is 173 Å². The van der Waals surface area contributed by atoms with Crippen LogP contribution in [0.25, 0.3) is 10.9 Å². The van der Waals surface area contributed by atoms with Crippen LogP contribution in [0.5, 0.6) is 0 Å². The van der Waals surface area contributed by atoms with E-state index >= 15 is 0 Å². The lowest BCUT2D eigenvalue weighted by atomic mass is 9.91. The van der Waals surface area contributed by atoms with Crippen molar-refractivity contribution in [3.63, 3.8) is 0 Å². The van der Waals surface area contributed by atoms with E-state index in [1.54, 1.807) is 19.9 Å². The Bertz CT molecular complexity index is 982. The van der Waals surface area contributed by atoms with E-state index in [0.717, 1.165) is 10.9 Å². The van der Waals surface area contributed by atoms with Crippen molar-refractivity contribution in [3.05, 3.63) is 36.0 Å². The summed E-state index contributed by atoms with van der Waals surface area (Å²) in [7, 11) is 0. The fraction of sp³-hybridized carbons (Fsp3) is 0.524. The van der Waals surface area contributed by atoms with Gasteiger partial charge in [-0.15, -0.1) is 0 Å². The molecule has 30 heavy (non-hydrogen) atoms. The molecule has 1 amide bonds. The molecule has 4 heterocycles. The second-order valence-electron chi connectivity index (χ2n) is 8.70. The van der Waals surface area contributed by atoms with Gasteiger partial charge in [-0.25, -0.2) is 5.43 Å².